The Kier molecular flexibility index (Phi) is 5.57. The van der Waals surface area contributed by atoms with E-state index in [-0.39, 0.29) is 17.1 Å². The fourth-order valence-electron chi connectivity index (χ4n) is 4.75. The molecule has 2 aliphatic heterocycles. The van der Waals surface area contributed by atoms with E-state index >= 15 is 0 Å². The third-order valence-corrected chi connectivity index (χ3v) is 6.49. The van der Waals surface area contributed by atoms with Gasteiger partial charge in [0.25, 0.3) is 5.91 Å². The molecule has 166 valence electrons. The number of hydrogen-bond donors (Lipinski definition) is 0. The van der Waals surface area contributed by atoms with Crippen LogP contribution in [0.3, 0.4) is 0 Å². The van der Waals surface area contributed by atoms with Gasteiger partial charge in [-0.2, -0.15) is 0 Å². The predicted octanol–water partition coefficient (Wildman–Crippen LogP) is 3.68. The molecule has 5 rings (SSSR count). The molecule has 6 nitrogen and oxygen atoms in total. The minimum atomic E-state index is -0.427. The van der Waals surface area contributed by atoms with Gasteiger partial charge in [0, 0.05) is 26.2 Å². The van der Waals surface area contributed by atoms with E-state index in [2.05, 4.69) is 4.90 Å². The Hall–Kier alpha value is -2.96. The Balaban J connectivity index is 1.53. The molecular weight excluding hydrogens is 404 g/mol. The van der Waals surface area contributed by atoms with Gasteiger partial charge in [-0.3, -0.25) is 14.5 Å². The van der Waals surface area contributed by atoms with E-state index in [4.69, 9.17) is 9.15 Å². The fourth-order valence-corrected chi connectivity index (χ4v) is 4.75. The Morgan fingerprint density at radius 3 is 2.41 bits per heavy atom. The largest absolute Gasteiger partial charge is 0.450 e. The lowest BCUT2D eigenvalue weighted by Crippen LogP contribution is -2.38. The second kappa shape index (κ2) is 8.52. The molecule has 0 spiro atoms. The normalized spacial score (nSPS) is 19.0. The number of nitrogens with zero attached hydrogens (tertiary/aromatic N) is 2. The summed E-state index contributed by atoms with van der Waals surface area (Å²) in [4.78, 5) is 31.2. The summed E-state index contributed by atoms with van der Waals surface area (Å²) in [5.74, 6) is -0.0181. The van der Waals surface area contributed by atoms with Crippen molar-refractivity contribution in [1.29, 1.82) is 0 Å². The quantitative estimate of drug-likeness (QED) is 0.616. The van der Waals surface area contributed by atoms with Crippen molar-refractivity contribution in [3.8, 4) is 0 Å². The van der Waals surface area contributed by atoms with Gasteiger partial charge in [0.05, 0.1) is 30.2 Å². The number of amides is 1. The first-order valence-electron chi connectivity index (χ1n) is 11.3. The molecule has 3 aromatic rings. The Morgan fingerprint density at radius 1 is 0.938 bits per heavy atom. The maximum atomic E-state index is 13.6. The van der Waals surface area contributed by atoms with Crippen molar-refractivity contribution in [3.63, 3.8) is 0 Å². The van der Waals surface area contributed by atoms with Crippen LogP contribution < -0.4 is 5.43 Å². The van der Waals surface area contributed by atoms with E-state index in [1.807, 2.05) is 55.1 Å². The summed E-state index contributed by atoms with van der Waals surface area (Å²) in [7, 11) is 0. The summed E-state index contributed by atoms with van der Waals surface area (Å²) in [6.07, 6.45) is 0.828. The minimum absolute atomic E-state index is 0.112. The first kappa shape index (κ1) is 20.9. The summed E-state index contributed by atoms with van der Waals surface area (Å²) < 4.78 is 11.5. The molecule has 0 bridgehead atoms. The topological polar surface area (TPSA) is 63.0 Å². The predicted molar refractivity (Wildman–Crippen MR) is 123 cm³/mol. The third-order valence-electron chi connectivity index (χ3n) is 6.49. The summed E-state index contributed by atoms with van der Waals surface area (Å²) >= 11 is 0. The van der Waals surface area contributed by atoms with Gasteiger partial charge in [0.1, 0.15) is 5.58 Å². The molecule has 1 aromatic heterocycles. The van der Waals surface area contributed by atoms with Crippen molar-refractivity contribution in [2.75, 3.05) is 39.4 Å². The molecule has 0 radical (unpaired) electrons. The lowest BCUT2D eigenvalue weighted by Gasteiger charge is -2.29. The summed E-state index contributed by atoms with van der Waals surface area (Å²) in [5.41, 5.74) is 3.88. The summed E-state index contributed by atoms with van der Waals surface area (Å²) in [5, 5.41) is 0.531. The average Bonchev–Trinajstić information content (AvgIpc) is 3.08. The van der Waals surface area contributed by atoms with Crippen LogP contribution >= 0.6 is 0 Å². The highest BCUT2D eigenvalue weighted by Gasteiger charge is 2.42. The van der Waals surface area contributed by atoms with Gasteiger partial charge >= 0.3 is 0 Å². The SMILES string of the molecule is Cc1ccc([C@H]2c3c(oc4ccc(C)cc4c3=O)C(=O)N2CCCN2CCOCC2)cc1. The zero-order valence-corrected chi connectivity index (χ0v) is 18.6. The first-order chi connectivity index (χ1) is 15.5. The molecule has 0 N–H and O–H groups in total. The number of morpholine rings is 1. The molecular formula is C26H28N2O4. The van der Waals surface area contributed by atoms with Crippen LogP contribution in [0.25, 0.3) is 11.0 Å². The number of carbonyl (C=O) groups is 1. The van der Waals surface area contributed by atoms with Crippen molar-refractivity contribution in [1.82, 2.24) is 9.80 Å². The fraction of sp³-hybridized carbons (Fsp3) is 0.385. The van der Waals surface area contributed by atoms with Crippen molar-refractivity contribution in [2.45, 2.75) is 26.3 Å². The summed E-state index contributed by atoms with van der Waals surface area (Å²) in [6, 6.07) is 13.2. The van der Waals surface area contributed by atoms with Crippen LogP contribution in [-0.2, 0) is 4.74 Å². The van der Waals surface area contributed by atoms with Gasteiger partial charge in [-0.05, 0) is 38.0 Å². The van der Waals surface area contributed by atoms with Crippen LogP contribution in [0.15, 0.2) is 51.7 Å². The lowest BCUT2D eigenvalue weighted by molar-refractivity contribution is 0.0353. The molecule has 3 heterocycles. The van der Waals surface area contributed by atoms with Crippen LogP contribution in [0.4, 0.5) is 0 Å². The molecule has 32 heavy (non-hydrogen) atoms. The third kappa shape index (κ3) is 3.74. The highest BCUT2D eigenvalue weighted by Crippen LogP contribution is 2.38. The first-order valence-corrected chi connectivity index (χ1v) is 11.3. The van der Waals surface area contributed by atoms with E-state index < -0.39 is 6.04 Å². The van der Waals surface area contributed by atoms with E-state index in [1.165, 1.54) is 0 Å². The molecule has 2 aliphatic rings. The van der Waals surface area contributed by atoms with Crippen LogP contribution in [-0.4, -0.2) is 55.1 Å². The maximum absolute atomic E-state index is 13.6. The number of rotatable bonds is 5. The number of aryl methyl sites for hydroxylation is 2. The van der Waals surface area contributed by atoms with Gasteiger partial charge < -0.3 is 14.1 Å². The van der Waals surface area contributed by atoms with Gasteiger partial charge in [-0.1, -0.05) is 41.5 Å². The summed E-state index contributed by atoms with van der Waals surface area (Å²) in [6.45, 7) is 8.78. The average molecular weight is 433 g/mol. The highest BCUT2D eigenvalue weighted by atomic mass is 16.5. The Bertz CT molecular complexity index is 1210. The smallest absolute Gasteiger partial charge is 0.290 e. The van der Waals surface area contributed by atoms with Crippen LogP contribution in [0.5, 0.6) is 0 Å². The van der Waals surface area contributed by atoms with E-state index in [0.717, 1.165) is 56.0 Å². The minimum Gasteiger partial charge on any atom is -0.450 e. The molecule has 1 atom stereocenters. The molecule has 0 unspecified atom stereocenters. The van der Waals surface area contributed by atoms with Gasteiger partial charge in [0.15, 0.2) is 5.43 Å². The second-order valence-electron chi connectivity index (χ2n) is 8.79. The number of benzene rings is 2. The lowest BCUT2D eigenvalue weighted by atomic mass is 9.97. The van der Waals surface area contributed by atoms with E-state index in [9.17, 15) is 9.59 Å². The molecule has 0 aliphatic carbocycles. The van der Waals surface area contributed by atoms with Gasteiger partial charge in [-0.25, -0.2) is 0 Å². The van der Waals surface area contributed by atoms with Crippen molar-refractivity contribution in [3.05, 3.63) is 80.7 Å². The van der Waals surface area contributed by atoms with Crippen molar-refractivity contribution < 1.29 is 13.9 Å². The molecule has 0 saturated carbocycles. The zero-order chi connectivity index (χ0) is 22.2. The van der Waals surface area contributed by atoms with E-state index in [0.29, 0.717) is 23.1 Å². The second-order valence-corrected chi connectivity index (χ2v) is 8.79. The molecule has 1 saturated heterocycles. The van der Waals surface area contributed by atoms with Crippen LogP contribution in [0.2, 0.25) is 0 Å². The Labute approximate surface area is 187 Å². The maximum Gasteiger partial charge on any atom is 0.290 e. The zero-order valence-electron chi connectivity index (χ0n) is 18.6. The molecule has 2 aromatic carbocycles. The number of fused-ring (bicyclic) bond motifs is 2. The number of hydrogen-bond acceptors (Lipinski definition) is 5. The Morgan fingerprint density at radius 2 is 1.66 bits per heavy atom. The van der Waals surface area contributed by atoms with Crippen molar-refractivity contribution >= 4 is 16.9 Å². The monoisotopic (exact) mass is 432 g/mol. The molecule has 6 heteroatoms. The van der Waals surface area contributed by atoms with Gasteiger partial charge in [0.2, 0.25) is 5.76 Å². The van der Waals surface area contributed by atoms with Crippen molar-refractivity contribution in [2.24, 2.45) is 0 Å². The molecule has 1 amide bonds. The number of carbonyl (C=O) groups excluding carboxylic acids is 1. The highest BCUT2D eigenvalue weighted by molar-refractivity contribution is 5.99. The number of ether oxygens (including phenoxy) is 1. The van der Waals surface area contributed by atoms with Gasteiger partial charge in [-0.15, -0.1) is 0 Å². The van der Waals surface area contributed by atoms with Crippen LogP contribution in [0.1, 0.15) is 45.3 Å². The van der Waals surface area contributed by atoms with E-state index in [1.54, 1.807) is 6.07 Å². The van der Waals surface area contributed by atoms with Crippen LogP contribution in [0, 0.1) is 13.8 Å². The standard InChI is InChI=1S/C26H28N2O4/c1-17-4-7-19(8-5-17)23-22-24(29)20-16-18(2)6-9-21(20)32-25(22)26(30)28(23)11-3-10-27-12-14-31-15-13-27/h4-9,16,23H,3,10-15H2,1-2H3/t23-/m0/s1. The molecule has 1 fully saturated rings.